The molecule has 0 aliphatic heterocycles. The molecule has 3 rings (SSSR count). The molecule has 25 heavy (non-hydrogen) atoms. The number of para-hydroxylation sites is 1. The van der Waals surface area contributed by atoms with Crippen LogP contribution in [0.2, 0.25) is 0 Å². The van der Waals surface area contributed by atoms with E-state index >= 15 is 0 Å². The van der Waals surface area contributed by atoms with Crippen molar-refractivity contribution in [3.63, 3.8) is 0 Å². The second kappa shape index (κ2) is 6.82. The molecule has 0 unspecified atom stereocenters. The van der Waals surface area contributed by atoms with E-state index in [1.165, 1.54) is 29.7 Å². The second-order valence-corrected chi connectivity index (χ2v) is 6.58. The van der Waals surface area contributed by atoms with Crippen molar-refractivity contribution in [1.29, 1.82) is 0 Å². The Morgan fingerprint density at radius 3 is 2.40 bits per heavy atom. The predicted octanol–water partition coefficient (Wildman–Crippen LogP) is 3.40. The minimum atomic E-state index is -0.568. The molecule has 0 bridgehead atoms. The third kappa shape index (κ3) is 3.41. The van der Waals surface area contributed by atoms with Crippen molar-refractivity contribution in [2.45, 2.75) is 13.8 Å². The van der Waals surface area contributed by atoms with Crippen LogP contribution < -0.4 is 4.80 Å². The number of phenols is 3. The van der Waals surface area contributed by atoms with Gasteiger partial charge in [-0.25, -0.2) is 9.67 Å². The van der Waals surface area contributed by atoms with Gasteiger partial charge in [-0.05, 0) is 38.1 Å². The van der Waals surface area contributed by atoms with Crippen LogP contribution in [0, 0.1) is 13.8 Å². The predicted molar refractivity (Wildman–Crippen MR) is 97.9 cm³/mol. The Balaban J connectivity index is 2.07. The topological polar surface area (TPSA) is 90.3 Å². The maximum absolute atomic E-state index is 9.90. The molecule has 0 fully saturated rings. The minimum absolute atomic E-state index is 0.289. The summed E-state index contributed by atoms with van der Waals surface area (Å²) in [4.78, 5) is 6.37. The molecule has 0 saturated carbocycles. The van der Waals surface area contributed by atoms with Crippen molar-refractivity contribution in [2.75, 3.05) is 0 Å². The van der Waals surface area contributed by atoms with Gasteiger partial charge in [-0.2, -0.15) is 5.10 Å². The highest BCUT2D eigenvalue weighted by molar-refractivity contribution is 7.09. The molecular formula is C18H17N3O3S. The van der Waals surface area contributed by atoms with Gasteiger partial charge in [-0.3, -0.25) is 0 Å². The summed E-state index contributed by atoms with van der Waals surface area (Å²) in [6.45, 7) is 3.92. The van der Waals surface area contributed by atoms with E-state index < -0.39 is 11.5 Å². The zero-order valence-corrected chi connectivity index (χ0v) is 14.5. The van der Waals surface area contributed by atoms with E-state index in [-0.39, 0.29) is 11.3 Å². The Morgan fingerprint density at radius 1 is 0.960 bits per heavy atom. The monoisotopic (exact) mass is 355 g/mol. The Kier molecular flexibility index (Phi) is 4.58. The molecule has 1 aromatic heterocycles. The average molecular weight is 355 g/mol. The largest absolute Gasteiger partial charge is 0.504 e. The maximum Gasteiger partial charge on any atom is 0.211 e. The van der Waals surface area contributed by atoms with Crippen molar-refractivity contribution < 1.29 is 15.3 Å². The van der Waals surface area contributed by atoms with Crippen molar-refractivity contribution >= 4 is 23.2 Å². The number of phenolic OH excluding ortho intramolecular Hbond substituents is 3. The Bertz CT molecular complexity index is 1000. The minimum Gasteiger partial charge on any atom is -0.504 e. The quantitative estimate of drug-likeness (QED) is 0.497. The highest BCUT2D eigenvalue weighted by atomic mass is 32.1. The number of aromatic hydroxyl groups is 3. The normalized spacial score (nSPS) is 12.2. The number of thiazole rings is 1. The number of aryl methyl sites for hydroxylation is 1. The lowest BCUT2D eigenvalue weighted by atomic mass is 10.2. The number of aromatic nitrogens is 1. The van der Waals surface area contributed by atoms with Crippen LogP contribution in [0.4, 0.5) is 5.69 Å². The highest BCUT2D eigenvalue weighted by Gasteiger charge is 2.10. The van der Waals surface area contributed by atoms with Crippen LogP contribution in [0.3, 0.4) is 0 Å². The number of benzene rings is 2. The van der Waals surface area contributed by atoms with Gasteiger partial charge in [-0.1, -0.05) is 29.5 Å². The Morgan fingerprint density at radius 2 is 1.68 bits per heavy atom. The lowest BCUT2D eigenvalue weighted by Crippen LogP contribution is -2.11. The molecule has 3 N–H and O–H groups in total. The van der Waals surface area contributed by atoms with Crippen molar-refractivity contribution in [2.24, 2.45) is 10.1 Å². The van der Waals surface area contributed by atoms with Crippen molar-refractivity contribution in [3.05, 3.63) is 63.4 Å². The number of hydrogen-bond donors (Lipinski definition) is 3. The van der Waals surface area contributed by atoms with Gasteiger partial charge in [0.15, 0.2) is 11.5 Å². The molecule has 0 spiro atoms. The third-order valence-corrected chi connectivity index (χ3v) is 4.76. The summed E-state index contributed by atoms with van der Waals surface area (Å²) in [6, 6.07) is 12.3. The van der Waals surface area contributed by atoms with Gasteiger partial charge in [0.25, 0.3) is 0 Å². The molecule has 1 heterocycles. The van der Waals surface area contributed by atoms with Crippen LogP contribution in [-0.2, 0) is 0 Å². The van der Waals surface area contributed by atoms with Gasteiger partial charge in [0, 0.05) is 10.4 Å². The van der Waals surface area contributed by atoms with Gasteiger partial charge in [0.05, 0.1) is 17.6 Å². The first-order valence-corrected chi connectivity index (χ1v) is 8.36. The lowest BCUT2D eigenvalue weighted by Gasteiger charge is -2.04. The van der Waals surface area contributed by atoms with Crippen LogP contribution in [0.25, 0.3) is 0 Å². The molecular weight excluding hydrogens is 338 g/mol. The van der Waals surface area contributed by atoms with E-state index in [1.54, 1.807) is 4.68 Å². The molecule has 0 atom stereocenters. The molecule has 0 aliphatic rings. The van der Waals surface area contributed by atoms with Crippen LogP contribution in [0.5, 0.6) is 17.2 Å². The van der Waals surface area contributed by atoms with E-state index in [0.717, 1.165) is 16.3 Å². The fourth-order valence-electron chi connectivity index (χ4n) is 2.17. The van der Waals surface area contributed by atoms with Crippen LogP contribution in [0.1, 0.15) is 16.1 Å². The summed E-state index contributed by atoms with van der Waals surface area (Å²) in [7, 11) is 0. The van der Waals surface area contributed by atoms with Gasteiger partial charge >= 0.3 is 0 Å². The van der Waals surface area contributed by atoms with E-state index in [2.05, 4.69) is 10.1 Å². The van der Waals surface area contributed by atoms with Crippen LogP contribution in [-0.4, -0.2) is 26.2 Å². The molecule has 0 amide bonds. The zero-order valence-electron chi connectivity index (χ0n) is 13.7. The first-order chi connectivity index (χ1) is 12.0. The molecule has 0 aliphatic carbocycles. The first kappa shape index (κ1) is 16.8. The summed E-state index contributed by atoms with van der Waals surface area (Å²) in [6.07, 6.45) is 1.41. The molecule has 128 valence electrons. The van der Waals surface area contributed by atoms with E-state index in [1.807, 2.05) is 44.2 Å². The maximum atomic E-state index is 9.90. The van der Waals surface area contributed by atoms with Gasteiger partial charge < -0.3 is 15.3 Å². The van der Waals surface area contributed by atoms with Crippen molar-refractivity contribution in [3.8, 4) is 17.2 Å². The summed E-state index contributed by atoms with van der Waals surface area (Å²) in [5, 5.41) is 33.3. The standard InChI is InChI=1S/C18H17N3O3S/c1-11-12(2)25-18(20-14-6-4-3-5-7-14)21(11)19-10-13-8-9-15(22)17(24)16(13)23/h3-10,22-24H,1-2H3/b19-10+,20-18?. The SMILES string of the molecule is Cc1sc(=Nc2ccccc2)n(/N=C/c2ccc(O)c(O)c2O)c1C. The third-order valence-electron chi connectivity index (χ3n) is 3.71. The molecule has 0 radical (unpaired) electrons. The average Bonchev–Trinajstić information content (AvgIpc) is 2.87. The molecule has 0 saturated heterocycles. The molecule has 6 nitrogen and oxygen atoms in total. The Hall–Kier alpha value is -3.06. The number of rotatable bonds is 3. The van der Waals surface area contributed by atoms with E-state index in [0.29, 0.717) is 4.80 Å². The highest BCUT2D eigenvalue weighted by Crippen LogP contribution is 2.36. The first-order valence-electron chi connectivity index (χ1n) is 7.54. The van der Waals surface area contributed by atoms with Gasteiger partial charge in [0.1, 0.15) is 0 Å². The van der Waals surface area contributed by atoms with Gasteiger partial charge in [0.2, 0.25) is 10.6 Å². The van der Waals surface area contributed by atoms with Crippen LogP contribution in [0.15, 0.2) is 52.6 Å². The Labute approximate surface area is 148 Å². The number of nitrogens with zero attached hydrogens (tertiary/aromatic N) is 3. The molecule has 3 aromatic rings. The lowest BCUT2D eigenvalue weighted by molar-refractivity contribution is 0.367. The van der Waals surface area contributed by atoms with E-state index in [4.69, 9.17) is 0 Å². The van der Waals surface area contributed by atoms with E-state index in [9.17, 15) is 15.3 Å². The fraction of sp³-hybridized carbons (Fsp3) is 0.111. The summed E-state index contributed by atoms with van der Waals surface area (Å²) >= 11 is 1.51. The molecule has 7 heteroatoms. The summed E-state index contributed by atoms with van der Waals surface area (Å²) in [5.41, 5.74) is 2.04. The summed E-state index contributed by atoms with van der Waals surface area (Å²) < 4.78 is 1.68. The summed E-state index contributed by atoms with van der Waals surface area (Å²) in [5.74, 6) is -1.37. The second-order valence-electron chi connectivity index (χ2n) is 5.40. The molecule has 2 aromatic carbocycles. The van der Waals surface area contributed by atoms with Crippen molar-refractivity contribution in [1.82, 2.24) is 4.68 Å². The smallest absolute Gasteiger partial charge is 0.211 e. The number of hydrogen-bond acceptors (Lipinski definition) is 6. The van der Waals surface area contributed by atoms with Crippen LogP contribution >= 0.6 is 11.3 Å². The fourth-order valence-corrected chi connectivity index (χ4v) is 3.10. The van der Waals surface area contributed by atoms with Gasteiger partial charge in [-0.15, -0.1) is 0 Å². The zero-order chi connectivity index (χ0) is 18.0.